The number of nitro benzene ring substituents is 1. The Morgan fingerprint density at radius 1 is 1.50 bits per heavy atom. The Kier molecular flexibility index (Phi) is 4.34. The van der Waals surface area contributed by atoms with Crippen molar-refractivity contribution >= 4 is 17.3 Å². The maximum absolute atomic E-state index is 12.0. The number of carbonyl (C=O) groups is 1. The van der Waals surface area contributed by atoms with Crippen LogP contribution in [-0.4, -0.2) is 16.9 Å². The lowest BCUT2D eigenvalue weighted by Crippen LogP contribution is -2.28. The lowest BCUT2D eigenvalue weighted by molar-refractivity contribution is -0.384. The topological polar surface area (TPSA) is 98.3 Å². The Bertz CT molecular complexity index is 530. The number of nitro groups is 1. The predicted molar refractivity (Wildman–Crippen MR) is 76.4 cm³/mol. The molecule has 1 aliphatic carbocycles. The minimum atomic E-state index is -0.470. The van der Waals surface area contributed by atoms with Gasteiger partial charge in [0.05, 0.1) is 10.6 Å². The molecule has 0 saturated heterocycles. The Labute approximate surface area is 117 Å². The van der Waals surface area contributed by atoms with Crippen LogP contribution < -0.4 is 11.1 Å². The molecule has 0 spiro atoms. The summed E-state index contributed by atoms with van der Waals surface area (Å²) in [7, 11) is 0. The van der Waals surface area contributed by atoms with Gasteiger partial charge in [0.25, 0.3) is 5.69 Å². The predicted octanol–water partition coefficient (Wildman–Crippen LogP) is 2.36. The van der Waals surface area contributed by atoms with Crippen LogP contribution in [0.5, 0.6) is 0 Å². The normalized spacial score (nSPS) is 21.7. The Balaban J connectivity index is 2.03. The van der Waals surface area contributed by atoms with E-state index in [0.717, 1.165) is 24.8 Å². The summed E-state index contributed by atoms with van der Waals surface area (Å²) in [6.45, 7) is 1.81. The Morgan fingerprint density at radius 2 is 2.25 bits per heavy atom. The number of rotatable bonds is 4. The van der Waals surface area contributed by atoms with E-state index in [2.05, 4.69) is 5.32 Å². The number of nitrogens with two attached hydrogens (primary N) is 1. The first kappa shape index (κ1) is 14.5. The van der Waals surface area contributed by atoms with Crippen LogP contribution in [0.3, 0.4) is 0 Å². The number of hydrogen-bond acceptors (Lipinski definition) is 4. The molecule has 6 nitrogen and oxygen atoms in total. The van der Waals surface area contributed by atoms with Crippen LogP contribution in [0.25, 0.3) is 0 Å². The summed E-state index contributed by atoms with van der Waals surface area (Å²) < 4.78 is 0. The minimum absolute atomic E-state index is 0.0246. The zero-order valence-electron chi connectivity index (χ0n) is 11.5. The molecule has 2 atom stereocenters. The molecule has 0 heterocycles. The van der Waals surface area contributed by atoms with Gasteiger partial charge < -0.3 is 11.1 Å². The van der Waals surface area contributed by atoms with Gasteiger partial charge in [-0.1, -0.05) is 12.5 Å². The number of carbonyl (C=O) groups excluding carboxylic acids is 1. The molecule has 2 rings (SSSR count). The van der Waals surface area contributed by atoms with Crippen LogP contribution in [0.15, 0.2) is 18.2 Å². The van der Waals surface area contributed by atoms with E-state index in [1.54, 1.807) is 13.0 Å². The van der Waals surface area contributed by atoms with E-state index < -0.39 is 4.92 Å². The second-order valence-electron chi connectivity index (χ2n) is 5.36. The highest BCUT2D eigenvalue weighted by Gasteiger charge is 2.26. The number of non-ortho nitro benzene ring substituents is 1. The number of benzene rings is 1. The van der Waals surface area contributed by atoms with Crippen LogP contribution in [0, 0.1) is 23.0 Å². The molecule has 1 saturated carbocycles. The fourth-order valence-corrected chi connectivity index (χ4v) is 2.62. The summed E-state index contributed by atoms with van der Waals surface area (Å²) >= 11 is 0. The molecule has 3 N–H and O–H groups in total. The van der Waals surface area contributed by atoms with Gasteiger partial charge in [-0.05, 0) is 31.2 Å². The number of anilines is 1. The lowest BCUT2D eigenvalue weighted by Gasteiger charge is -2.15. The summed E-state index contributed by atoms with van der Waals surface area (Å²) in [5.41, 5.74) is 7.22. The molecular formula is C14H19N3O3. The molecule has 1 fully saturated rings. The zero-order chi connectivity index (χ0) is 14.7. The van der Waals surface area contributed by atoms with Crippen molar-refractivity contribution in [3.05, 3.63) is 33.9 Å². The molecule has 0 bridgehead atoms. The van der Waals surface area contributed by atoms with Crippen LogP contribution in [0.2, 0.25) is 0 Å². The largest absolute Gasteiger partial charge is 0.327 e. The van der Waals surface area contributed by atoms with Gasteiger partial charge >= 0.3 is 0 Å². The Hall–Kier alpha value is -1.95. The molecule has 1 amide bonds. The summed E-state index contributed by atoms with van der Waals surface area (Å²) in [5.74, 6) is 0.0879. The van der Waals surface area contributed by atoms with E-state index in [0.29, 0.717) is 12.1 Å². The van der Waals surface area contributed by atoms with Crippen molar-refractivity contribution in [2.45, 2.75) is 38.6 Å². The van der Waals surface area contributed by atoms with E-state index >= 15 is 0 Å². The number of hydrogen-bond donors (Lipinski definition) is 2. The number of aryl methyl sites for hydroxylation is 1. The first-order valence-electron chi connectivity index (χ1n) is 6.78. The molecule has 6 heteroatoms. The molecule has 108 valence electrons. The van der Waals surface area contributed by atoms with E-state index in [1.165, 1.54) is 12.1 Å². The van der Waals surface area contributed by atoms with E-state index in [-0.39, 0.29) is 23.6 Å². The highest BCUT2D eigenvalue weighted by atomic mass is 16.6. The Morgan fingerprint density at radius 3 is 2.85 bits per heavy atom. The first-order chi connectivity index (χ1) is 9.47. The smallest absolute Gasteiger partial charge is 0.271 e. The van der Waals surface area contributed by atoms with Gasteiger partial charge in [-0.2, -0.15) is 0 Å². The molecule has 1 aliphatic rings. The summed E-state index contributed by atoms with van der Waals surface area (Å²) in [6.07, 6.45) is 3.38. The zero-order valence-corrected chi connectivity index (χ0v) is 11.5. The van der Waals surface area contributed by atoms with Crippen LogP contribution in [0.1, 0.15) is 31.2 Å². The van der Waals surface area contributed by atoms with E-state index in [4.69, 9.17) is 5.73 Å². The number of nitrogens with zero attached hydrogens (tertiary/aromatic N) is 1. The highest BCUT2D eigenvalue weighted by Crippen LogP contribution is 2.28. The second kappa shape index (κ2) is 6.00. The van der Waals surface area contributed by atoms with Crippen LogP contribution in [0.4, 0.5) is 11.4 Å². The van der Waals surface area contributed by atoms with E-state index in [1.807, 2.05) is 0 Å². The van der Waals surface area contributed by atoms with Crippen LogP contribution in [-0.2, 0) is 4.79 Å². The molecule has 0 aromatic heterocycles. The van der Waals surface area contributed by atoms with Crippen molar-refractivity contribution in [3.8, 4) is 0 Å². The maximum Gasteiger partial charge on any atom is 0.271 e. The quantitative estimate of drug-likeness (QED) is 0.652. The number of amides is 1. The second-order valence-corrected chi connectivity index (χ2v) is 5.36. The van der Waals surface area contributed by atoms with Crippen molar-refractivity contribution in [2.24, 2.45) is 11.7 Å². The molecule has 0 radical (unpaired) electrons. The monoisotopic (exact) mass is 277 g/mol. The third-order valence-corrected chi connectivity index (χ3v) is 3.87. The van der Waals surface area contributed by atoms with Gasteiger partial charge in [-0.3, -0.25) is 14.9 Å². The summed E-state index contributed by atoms with van der Waals surface area (Å²) in [5, 5.41) is 13.5. The van der Waals surface area contributed by atoms with Crippen molar-refractivity contribution in [2.75, 3.05) is 5.32 Å². The summed E-state index contributed by atoms with van der Waals surface area (Å²) in [4.78, 5) is 22.3. The molecular weight excluding hydrogens is 258 g/mol. The van der Waals surface area contributed by atoms with Crippen molar-refractivity contribution in [1.82, 2.24) is 0 Å². The molecule has 20 heavy (non-hydrogen) atoms. The number of nitrogens with one attached hydrogen (secondary N) is 1. The minimum Gasteiger partial charge on any atom is -0.327 e. The van der Waals surface area contributed by atoms with Crippen molar-refractivity contribution in [1.29, 1.82) is 0 Å². The van der Waals surface area contributed by atoms with Gasteiger partial charge in [-0.15, -0.1) is 0 Å². The SMILES string of the molecule is Cc1ccc([N+](=O)[O-])cc1NC(=O)C[C@@H]1CCC[C@H]1N. The average Bonchev–Trinajstić information content (AvgIpc) is 2.77. The fraction of sp³-hybridized carbons (Fsp3) is 0.500. The van der Waals surface area contributed by atoms with Crippen LogP contribution >= 0.6 is 0 Å². The van der Waals surface area contributed by atoms with E-state index in [9.17, 15) is 14.9 Å². The standard InChI is InChI=1S/C14H19N3O3/c1-9-5-6-11(17(19)20)8-13(9)16-14(18)7-10-3-2-4-12(10)15/h5-6,8,10,12H,2-4,7,15H2,1H3,(H,16,18)/t10-,12+/m0/s1. The summed E-state index contributed by atoms with van der Waals surface area (Å²) in [6, 6.07) is 4.54. The molecule has 1 aromatic carbocycles. The van der Waals surface area contributed by atoms with Crippen molar-refractivity contribution < 1.29 is 9.72 Å². The van der Waals surface area contributed by atoms with Gasteiger partial charge in [0.15, 0.2) is 0 Å². The van der Waals surface area contributed by atoms with Crippen molar-refractivity contribution in [3.63, 3.8) is 0 Å². The third kappa shape index (κ3) is 3.33. The average molecular weight is 277 g/mol. The van der Waals surface area contributed by atoms with Gasteiger partial charge in [0.1, 0.15) is 0 Å². The van der Waals surface area contributed by atoms with Gasteiger partial charge in [0, 0.05) is 24.6 Å². The highest BCUT2D eigenvalue weighted by molar-refractivity contribution is 5.92. The fourth-order valence-electron chi connectivity index (χ4n) is 2.62. The lowest BCUT2D eigenvalue weighted by atomic mass is 10.00. The first-order valence-corrected chi connectivity index (χ1v) is 6.78. The third-order valence-electron chi connectivity index (χ3n) is 3.87. The molecule has 0 aliphatic heterocycles. The van der Waals surface area contributed by atoms with Gasteiger partial charge in [0.2, 0.25) is 5.91 Å². The molecule has 0 unspecified atom stereocenters. The van der Waals surface area contributed by atoms with Gasteiger partial charge in [-0.25, -0.2) is 0 Å². The maximum atomic E-state index is 12.0. The molecule has 1 aromatic rings.